The van der Waals surface area contributed by atoms with E-state index in [1.807, 2.05) is 24.3 Å². The molecule has 0 spiro atoms. The predicted molar refractivity (Wildman–Crippen MR) is 82.6 cm³/mol. The number of benzene rings is 1. The maximum Gasteiger partial charge on any atom is 0.251 e. The fourth-order valence-electron chi connectivity index (χ4n) is 3.81. The summed E-state index contributed by atoms with van der Waals surface area (Å²) in [6, 6.07) is 7.99. The third kappa shape index (κ3) is 2.14. The van der Waals surface area contributed by atoms with E-state index < -0.39 is 0 Å². The molecule has 0 bridgehead atoms. The molecule has 0 aromatic heterocycles. The maximum atomic E-state index is 12.6. The molecule has 3 N–H and O–H groups in total. The largest absolute Gasteiger partial charge is 0.348 e. The molecule has 1 aliphatic carbocycles. The Hall–Kier alpha value is -1.35. The van der Waals surface area contributed by atoms with Gasteiger partial charge in [-0.15, -0.1) is 0 Å². The number of aryl methyl sites for hydroxylation is 1. The zero-order chi connectivity index (χ0) is 15.1. The average molecular weight is 274 g/mol. The van der Waals surface area contributed by atoms with Gasteiger partial charge in [-0.2, -0.15) is 0 Å². The summed E-state index contributed by atoms with van der Waals surface area (Å²) in [5.74, 6) is 0.0144. The van der Waals surface area contributed by atoms with Crippen LogP contribution in [0.5, 0.6) is 0 Å². The monoisotopic (exact) mass is 274 g/mol. The minimum atomic E-state index is -0.0691. The number of rotatable bonds is 3. The first-order chi connectivity index (χ1) is 9.22. The second-order valence-corrected chi connectivity index (χ2v) is 7.04. The molecule has 1 fully saturated rings. The fourth-order valence-corrected chi connectivity index (χ4v) is 3.81. The van der Waals surface area contributed by atoms with Crippen LogP contribution in [0.4, 0.5) is 0 Å². The van der Waals surface area contributed by atoms with Crippen LogP contribution >= 0.6 is 0 Å². The number of hydrogen-bond acceptors (Lipinski definition) is 2. The van der Waals surface area contributed by atoms with Crippen LogP contribution in [0, 0.1) is 10.8 Å². The van der Waals surface area contributed by atoms with E-state index in [1.165, 1.54) is 0 Å². The lowest BCUT2D eigenvalue weighted by Crippen LogP contribution is -2.76. The van der Waals surface area contributed by atoms with Crippen LogP contribution in [0.1, 0.15) is 50.5 Å². The van der Waals surface area contributed by atoms with Crippen LogP contribution in [-0.4, -0.2) is 18.0 Å². The molecule has 0 atom stereocenters. The van der Waals surface area contributed by atoms with Gasteiger partial charge < -0.3 is 11.1 Å². The molecule has 20 heavy (non-hydrogen) atoms. The van der Waals surface area contributed by atoms with Crippen LogP contribution in [0.3, 0.4) is 0 Å². The molecule has 1 aromatic rings. The summed E-state index contributed by atoms with van der Waals surface area (Å²) in [6.45, 7) is 10.6. The first kappa shape index (κ1) is 15.0. The van der Waals surface area contributed by atoms with E-state index in [-0.39, 0.29) is 28.8 Å². The van der Waals surface area contributed by atoms with Gasteiger partial charge in [0.05, 0.1) is 0 Å². The van der Waals surface area contributed by atoms with Crippen molar-refractivity contribution in [2.45, 2.75) is 53.1 Å². The van der Waals surface area contributed by atoms with Crippen LogP contribution in [0.15, 0.2) is 24.3 Å². The summed E-state index contributed by atoms with van der Waals surface area (Å²) in [7, 11) is 0. The van der Waals surface area contributed by atoms with Gasteiger partial charge in [-0.25, -0.2) is 0 Å². The summed E-state index contributed by atoms with van der Waals surface area (Å²) in [4.78, 5) is 12.6. The molecule has 1 amide bonds. The molecule has 0 heterocycles. The lowest BCUT2D eigenvalue weighted by Gasteiger charge is -2.62. The fraction of sp³-hybridized carbons (Fsp3) is 0.588. The van der Waals surface area contributed by atoms with Crippen molar-refractivity contribution in [3.8, 4) is 0 Å². The minimum Gasteiger partial charge on any atom is -0.348 e. The van der Waals surface area contributed by atoms with Crippen LogP contribution in [0.2, 0.25) is 0 Å². The van der Waals surface area contributed by atoms with Crippen molar-refractivity contribution in [3.63, 3.8) is 0 Å². The van der Waals surface area contributed by atoms with Crippen molar-refractivity contribution < 1.29 is 4.79 Å². The highest BCUT2D eigenvalue weighted by atomic mass is 16.1. The van der Waals surface area contributed by atoms with Crippen molar-refractivity contribution in [2.75, 3.05) is 0 Å². The molecule has 0 saturated heterocycles. The molecule has 3 nitrogen and oxygen atoms in total. The van der Waals surface area contributed by atoms with E-state index >= 15 is 0 Å². The van der Waals surface area contributed by atoms with E-state index in [4.69, 9.17) is 5.73 Å². The van der Waals surface area contributed by atoms with E-state index in [9.17, 15) is 4.79 Å². The van der Waals surface area contributed by atoms with Gasteiger partial charge in [0.1, 0.15) is 0 Å². The Morgan fingerprint density at radius 3 is 2.30 bits per heavy atom. The zero-order valence-electron chi connectivity index (χ0n) is 13.2. The zero-order valence-corrected chi connectivity index (χ0v) is 13.2. The van der Waals surface area contributed by atoms with Crippen molar-refractivity contribution in [3.05, 3.63) is 35.4 Å². The normalized spacial score (nSPS) is 26.7. The summed E-state index contributed by atoms with van der Waals surface area (Å²) in [5.41, 5.74) is 7.97. The molecule has 1 aromatic carbocycles. The molecule has 3 heteroatoms. The quantitative estimate of drug-likeness (QED) is 0.890. The standard InChI is InChI=1S/C17H26N2O/c1-6-11-9-7-8-10-12(11)13(20)19-15-16(2,3)14(18)17(15,4)5/h7-10,14-15H,6,18H2,1-5H3,(H,19,20). The Labute approximate surface area is 121 Å². The second-order valence-electron chi connectivity index (χ2n) is 7.04. The van der Waals surface area contributed by atoms with Crippen molar-refractivity contribution in [1.82, 2.24) is 5.32 Å². The summed E-state index contributed by atoms with van der Waals surface area (Å²) in [6.07, 6.45) is 0.862. The van der Waals surface area contributed by atoms with E-state index in [0.717, 1.165) is 17.5 Å². The number of hydrogen-bond donors (Lipinski definition) is 2. The van der Waals surface area contributed by atoms with E-state index in [0.29, 0.717) is 0 Å². The molecule has 0 radical (unpaired) electrons. The topological polar surface area (TPSA) is 55.1 Å². The van der Waals surface area contributed by atoms with Gasteiger partial charge in [-0.05, 0) is 18.1 Å². The molecular weight excluding hydrogens is 248 g/mol. The molecular formula is C17H26N2O. The highest BCUT2D eigenvalue weighted by molar-refractivity contribution is 5.96. The highest BCUT2D eigenvalue weighted by Gasteiger charge is 2.60. The molecule has 1 saturated carbocycles. The van der Waals surface area contributed by atoms with Crippen LogP contribution in [0.25, 0.3) is 0 Å². The van der Waals surface area contributed by atoms with Gasteiger partial charge in [0.25, 0.3) is 5.91 Å². The molecule has 110 valence electrons. The first-order valence-electron chi connectivity index (χ1n) is 7.37. The Morgan fingerprint density at radius 2 is 1.75 bits per heavy atom. The van der Waals surface area contributed by atoms with Crippen molar-refractivity contribution in [1.29, 1.82) is 0 Å². The SMILES string of the molecule is CCc1ccccc1C(=O)NC1C(C)(C)C(N)C1(C)C. The first-order valence-corrected chi connectivity index (χ1v) is 7.37. The number of carbonyl (C=O) groups is 1. The number of nitrogens with two attached hydrogens (primary N) is 1. The second kappa shape index (κ2) is 4.88. The van der Waals surface area contributed by atoms with Gasteiger partial charge >= 0.3 is 0 Å². The number of carbonyl (C=O) groups excluding carboxylic acids is 1. The maximum absolute atomic E-state index is 12.6. The Bertz CT molecular complexity index is 503. The molecule has 0 aliphatic heterocycles. The molecule has 1 aliphatic rings. The van der Waals surface area contributed by atoms with Crippen molar-refractivity contribution in [2.24, 2.45) is 16.6 Å². The molecule has 2 rings (SSSR count). The lowest BCUT2D eigenvalue weighted by molar-refractivity contribution is -0.0663. The van der Waals surface area contributed by atoms with E-state index in [1.54, 1.807) is 0 Å². The van der Waals surface area contributed by atoms with Gasteiger partial charge in [-0.3, -0.25) is 4.79 Å². The number of amides is 1. The Morgan fingerprint density at radius 1 is 1.20 bits per heavy atom. The van der Waals surface area contributed by atoms with Crippen LogP contribution in [-0.2, 0) is 6.42 Å². The third-order valence-electron chi connectivity index (χ3n) is 5.01. The molecule has 0 unspecified atom stereocenters. The van der Waals surface area contributed by atoms with Gasteiger partial charge in [0.15, 0.2) is 0 Å². The minimum absolute atomic E-state index is 0.0144. The summed E-state index contributed by atoms with van der Waals surface area (Å²) >= 11 is 0. The number of nitrogens with one attached hydrogen (secondary N) is 1. The Kier molecular flexibility index (Phi) is 3.67. The lowest BCUT2D eigenvalue weighted by atomic mass is 9.48. The van der Waals surface area contributed by atoms with Gasteiger partial charge in [-0.1, -0.05) is 52.8 Å². The smallest absolute Gasteiger partial charge is 0.251 e. The van der Waals surface area contributed by atoms with Gasteiger partial charge in [0, 0.05) is 28.5 Å². The third-order valence-corrected chi connectivity index (χ3v) is 5.01. The van der Waals surface area contributed by atoms with Gasteiger partial charge in [0.2, 0.25) is 0 Å². The predicted octanol–water partition coefficient (Wildman–Crippen LogP) is 2.74. The van der Waals surface area contributed by atoms with Crippen molar-refractivity contribution >= 4 is 5.91 Å². The average Bonchev–Trinajstić information content (AvgIpc) is 2.43. The Balaban J connectivity index is 2.20. The van der Waals surface area contributed by atoms with E-state index in [2.05, 4.69) is 39.9 Å². The van der Waals surface area contributed by atoms with Crippen LogP contribution < -0.4 is 11.1 Å². The summed E-state index contributed by atoms with van der Waals surface area (Å²) in [5, 5.41) is 3.20. The summed E-state index contributed by atoms with van der Waals surface area (Å²) < 4.78 is 0. The highest BCUT2D eigenvalue weighted by Crippen LogP contribution is 2.52.